The number of hydrogen-bond acceptors (Lipinski definition) is 5. The number of aryl methyl sites for hydroxylation is 3. The summed E-state index contributed by atoms with van der Waals surface area (Å²) in [5, 5.41) is 17.7. The number of rotatable bonds is 3. The van der Waals surface area contributed by atoms with E-state index < -0.39 is 10.1 Å². The largest absolute Gasteiger partial charge is 0.506 e. The van der Waals surface area contributed by atoms with Gasteiger partial charge in [0.1, 0.15) is 5.75 Å². The number of benzene rings is 2. The lowest BCUT2D eigenvalue weighted by Gasteiger charge is -2.07. The van der Waals surface area contributed by atoms with Gasteiger partial charge in [0.15, 0.2) is 0 Å². The number of aromatic hydroxyl groups is 1. The Morgan fingerprint density at radius 3 is 2.00 bits per heavy atom. The maximum absolute atomic E-state index is 11.4. The third-order valence-corrected chi connectivity index (χ3v) is 4.60. The van der Waals surface area contributed by atoms with Gasteiger partial charge in [0.25, 0.3) is 10.1 Å². The summed E-state index contributed by atoms with van der Waals surface area (Å²) in [4.78, 5) is -0.211. The highest BCUT2D eigenvalue weighted by Crippen LogP contribution is 2.33. The molecule has 0 aliphatic carbocycles. The maximum atomic E-state index is 11.4. The summed E-state index contributed by atoms with van der Waals surface area (Å²) in [6.07, 6.45) is 0. The molecule has 0 spiro atoms. The molecule has 2 aromatic rings. The van der Waals surface area contributed by atoms with Gasteiger partial charge in [0.2, 0.25) is 0 Å². The summed E-state index contributed by atoms with van der Waals surface area (Å²) in [5.41, 5.74) is 2.55. The molecule has 122 valence electrons. The first-order valence-corrected chi connectivity index (χ1v) is 8.41. The second-order valence-electron chi connectivity index (χ2n) is 5.17. The molecule has 0 fully saturated rings. The van der Waals surface area contributed by atoms with E-state index in [1.54, 1.807) is 26.8 Å². The molecule has 0 saturated carbocycles. The van der Waals surface area contributed by atoms with Crippen LogP contribution in [0.3, 0.4) is 0 Å². The van der Waals surface area contributed by atoms with Gasteiger partial charge >= 0.3 is 0 Å². The van der Waals surface area contributed by atoms with Crippen LogP contribution in [0.2, 0.25) is 5.02 Å². The van der Waals surface area contributed by atoms with Crippen LogP contribution in [0.25, 0.3) is 0 Å². The van der Waals surface area contributed by atoms with Gasteiger partial charge in [0.05, 0.1) is 21.3 Å². The molecule has 0 heterocycles. The monoisotopic (exact) mass is 354 g/mol. The Bertz CT molecular complexity index is 908. The van der Waals surface area contributed by atoms with Crippen LogP contribution in [0, 0.1) is 20.8 Å². The second-order valence-corrected chi connectivity index (χ2v) is 6.97. The lowest BCUT2D eigenvalue weighted by atomic mass is 10.1. The molecular weight excluding hydrogens is 340 g/mol. The summed E-state index contributed by atoms with van der Waals surface area (Å²) in [7, 11) is -4.33. The van der Waals surface area contributed by atoms with Gasteiger partial charge in [-0.05, 0) is 55.7 Å². The number of phenolic OH excluding ortho intramolecular Hbond substituents is 1. The molecule has 0 aliphatic rings. The molecule has 6 nitrogen and oxygen atoms in total. The zero-order valence-corrected chi connectivity index (χ0v) is 14.3. The van der Waals surface area contributed by atoms with E-state index >= 15 is 0 Å². The molecule has 2 N–H and O–H groups in total. The standard InChI is InChI=1S/C15H15ClN2O4S/c1-8-4-10(3)15(23(20,21)22)7-13(8)18-17-12-6-11(16)14(19)5-9(12)2/h4-7,19H,1-3H3,(H,20,21,22). The van der Waals surface area contributed by atoms with Crippen molar-refractivity contribution in [3.8, 4) is 5.75 Å². The van der Waals surface area contributed by atoms with Gasteiger partial charge in [-0.25, -0.2) is 0 Å². The number of nitrogens with zero attached hydrogens (tertiary/aromatic N) is 2. The molecule has 0 radical (unpaired) electrons. The van der Waals surface area contributed by atoms with Crippen molar-refractivity contribution in [2.75, 3.05) is 0 Å². The van der Waals surface area contributed by atoms with E-state index in [4.69, 9.17) is 11.6 Å². The van der Waals surface area contributed by atoms with Crippen molar-refractivity contribution < 1.29 is 18.1 Å². The van der Waals surface area contributed by atoms with Crippen LogP contribution >= 0.6 is 11.6 Å². The molecule has 2 rings (SSSR count). The third-order valence-electron chi connectivity index (χ3n) is 3.30. The molecule has 0 saturated heterocycles. The van der Waals surface area contributed by atoms with E-state index in [0.29, 0.717) is 28.1 Å². The van der Waals surface area contributed by atoms with E-state index in [1.165, 1.54) is 18.2 Å². The molecule has 2 aromatic carbocycles. The van der Waals surface area contributed by atoms with Gasteiger partial charge in [-0.3, -0.25) is 4.55 Å². The summed E-state index contributed by atoms with van der Waals surface area (Å²) in [5.74, 6) is -0.0525. The van der Waals surface area contributed by atoms with Crippen LogP contribution in [0.1, 0.15) is 16.7 Å². The molecule has 0 unspecified atom stereocenters. The van der Waals surface area contributed by atoms with Crippen molar-refractivity contribution in [2.24, 2.45) is 10.2 Å². The highest BCUT2D eigenvalue weighted by Gasteiger charge is 2.15. The van der Waals surface area contributed by atoms with Crippen molar-refractivity contribution >= 4 is 33.1 Å². The van der Waals surface area contributed by atoms with E-state index in [1.807, 2.05) is 0 Å². The number of azo groups is 1. The predicted octanol–water partition coefficient (Wildman–Crippen LogP) is 4.63. The quantitative estimate of drug-likeness (QED) is 0.619. The first-order valence-electron chi connectivity index (χ1n) is 6.59. The molecule has 0 aromatic heterocycles. The predicted molar refractivity (Wildman–Crippen MR) is 87.8 cm³/mol. The fourth-order valence-electron chi connectivity index (χ4n) is 2.08. The van der Waals surface area contributed by atoms with Crippen LogP contribution in [-0.2, 0) is 10.1 Å². The Morgan fingerprint density at radius 1 is 0.913 bits per heavy atom. The number of halogens is 1. The lowest BCUT2D eigenvalue weighted by Crippen LogP contribution is -2.01. The first-order chi connectivity index (χ1) is 10.6. The van der Waals surface area contributed by atoms with Crippen LogP contribution in [0.15, 0.2) is 39.4 Å². The van der Waals surface area contributed by atoms with Crippen molar-refractivity contribution in [2.45, 2.75) is 25.7 Å². The normalized spacial score (nSPS) is 12.0. The van der Waals surface area contributed by atoms with Crippen molar-refractivity contribution in [3.05, 3.63) is 46.0 Å². The average molecular weight is 355 g/mol. The van der Waals surface area contributed by atoms with E-state index in [0.717, 1.165) is 0 Å². The van der Waals surface area contributed by atoms with Crippen LogP contribution in [-0.4, -0.2) is 18.1 Å². The second kappa shape index (κ2) is 6.27. The van der Waals surface area contributed by atoms with E-state index in [2.05, 4.69) is 10.2 Å². The Kier molecular flexibility index (Phi) is 4.74. The fourth-order valence-corrected chi connectivity index (χ4v) is 2.96. The van der Waals surface area contributed by atoms with Crippen LogP contribution in [0.4, 0.5) is 11.4 Å². The van der Waals surface area contributed by atoms with Crippen molar-refractivity contribution in [1.82, 2.24) is 0 Å². The van der Waals surface area contributed by atoms with Crippen LogP contribution in [0.5, 0.6) is 5.75 Å². The summed E-state index contributed by atoms with van der Waals surface area (Å²) in [6, 6.07) is 5.79. The van der Waals surface area contributed by atoms with Crippen LogP contribution < -0.4 is 0 Å². The van der Waals surface area contributed by atoms with Gasteiger partial charge in [-0.2, -0.15) is 18.6 Å². The first kappa shape index (κ1) is 17.4. The molecule has 0 amide bonds. The minimum Gasteiger partial charge on any atom is -0.506 e. The van der Waals surface area contributed by atoms with Gasteiger partial charge in [-0.1, -0.05) is 17.7 Å². The highest BCUT2D eigenvalue weighted by molar-refractivity contribution is 7.85. The molecular formula is C15H15ClN2O4S. The van der Waals surface area contributed by atoms with Crippen molar-refractivity contribution in [3.63, 3.8) is 0 Å². The number of phenols is 1. The topological polar surface area (TPSA) is 99.3 Å². The molecule has 23 heavy (non-hydrogen) atoms. The molecule has 0 aliphatic heterocycles. The Morgan fingerprint density at radius 2 is 1.43 bits per heavy atom. The Labute approximate surface area is 139 Å². The summed E-state index contributed by atoms with van der Waals surface area (Å²) in [6.45, 7) is 5.07. The lowest BCUT2D eigenvalue weighted by molar-refractivity contribution is 0.475. The van der Waals surface area contributed by atoms with Crippen molar-refractivity contribution in [1.29, 1.82) is 0 Å². The zero-order chi connectivity index (χ0) is 17.4. The minimum atomic E-state index is -4.33. The minimum absolute atomic E-state index is 0.0525. The molecule has 0 bridgehead atoms. The molecule has 8 heteroatoms. The fraction of sp³-hybridized carbons (Fsp3) is 0.200. The van der Waals surface area contributed by atoms with Gasteiger partial charge < -0.3 is 5.11 Å². The SMILES string of the molecule is Cc1cc(O)c(Cl)cc1N=Nc1cc(S(=O)(=O)O)c(C)cc1C. The average Bonchev–Trinajstić information content (AvgIpc) is 2.41. The highest BCUT2D eigenvalue weighted by atomic mass is 35.5. The Balaban J connectivity index is 2.50. The van der Waals surface area contributed by atoms with Gasteiger partial charge in [0, 0.05) is 0 Å². The smallest absolute Gasteiger partial charge is 0.294 e. The van der Waals surface area contributed by atoms with E-state index in [9.17, 15) is 18.1 Å². The zero-order valence-electron chi connectivity index (χ0n) is 12.7. The maximum Gasteiger partial charge on any atom is 0.294 e. The number of hydrogen-bond donors (Lipinski definition) is 2. The molecule has 0 atom stereocenters. The summed E-state index contributed by atoms with van der Waals surface area (Å²) >= 11 is 5.84. The third kappa shape index (κ3) is 3.87. The van der Waals surface area contributed by atoms with Gasteiger partial charge in [-0.15, -0.1) is 0 Å². The Hall–Kier alpha value is -1.96. The summed E-state index contributed by atoms with van der Waals surface area (Å²) < 4.78 is 32.0. The van der Waals surface area contributed by atoms with E-state index in [-0.39, 0.29) is 15.7 Å².